The first-order valence-electron chi connectivity index (χ1n) is 8.79. The normalized spacial score (nSPS) is 17.4. The number of carbonyl (C=O) groups excluding carboxylic acids is 3. The molecule has 0 rings (SSSR count). The van der Waals surface area contributed by atoms with Crippen LogP contribution in [0.2, 0.25) is 0 Å². The lowest BCUT2D eigenvalue weighted by Crippen LogP contribution is -2.61. The first-order valence-corrected chi connectivity index (χ1v) is 9.42. The molecule has 3 amide bonds. The molecule has 0 spiro atoms. The third kappa shape index (κ3) is 8.00. The van der Waals surface area contributed by atoms with Crippen molar-refractivity contribution in [1.29, 1.82) is 0 Å². The second kappa shape index (κ2) is 12.5. The van der Waals surface area contributed by atoms with E-state index >= 15 is 0 Å². The average molecular weight is 423 g/mol. The number of carboxylic acids is 1. The van der Waals surface area contributed by atoms with Crippen molar-refractivity contribution in [3.63, 3.8) is 0 Å². The molecule has 6 atom stereocenters. The Morgan fingerprint density at radius 1 is 1.00 bits per heavy atom. The van der Waals surface area contributed by atoms with Crippen LogP contribution in [0, 0.1) is 5.92 Å². The number of hydrogen-bond donors (Lipinski definition) is 8. The first kappa shape index (κ1) is 26.1. The van der Waals surface area contributed by atoms with Gasteiger partial charge in [-0.15, -0.1) is 0 Å². The number of nitrogens with one attached hydrogen (secondary N) is 3. The maximum absolute atomic E-state index is 12.3. The van der Waals surface area contributed by atoms with Gasteiger partial charge in [0.25, 0.3) is 0 Å². The summed E-state index contributed by atoms with van der Waals surface area (Å²) in [7, 11) is 0. The van der Waals surface area contributed by atoms with Gasteiger partial charge >= 0.3 is 5.97 Å². The van der Waals surface area contributed by atoms with E-state index in [2.05, 4.69) is 28.6 Å². The zero-order valence-electron chi connectivity index (χ0n) is 16.1. The molecule has 0 aliphatic rings. The third-order valence-electron chi connectivity index (χ3n) is 4.24. The summed E-state index contributed by atoms with van der Waals surface area (Å²) in [4.78, 5) is 47.6. The molecule has 0 saturated carbocycles. The van der Waals surface area contributed by atoms with Gasteiger partial charge in [-0.1, -0.05) is 20.3 Å². The van der Waals surface area contributed by atoms with Crippen LogP contribution in [0.15, 0.2) is 0 Å². The number of carbonyl (C=O) groups is 4. The molecule has 0 heterocycles. The van der Waals surface area contributed by atoms with Gasteiger partial charge in [0.05, 0.1) is 18.8 Å². The molecular formula is C16H30N4O7S. The fourth-order valence-electron chi connectivity index (χ4n) is 2.08. The summed E-state index contributed by atoms with van der Waals surface area (Å²) in [5, 5.41) is 34.7. The van der Waals surface area contributed by atoms with Crippen molar-refractivity contribution in [2.75, 3.05) is 12.4 Å². The third-order valence-corrected chi connectivity index (χ3v) is 4.60. The Hall–Kier alpha value is -1.89. The summed E-state index contributed by atoms with van der Waals surface area (Å²) < 4.78 is 0. The van der Waals surface area contributed by atoms with Crippen LogP contribution in [-0.2, 0) is 19.2 Å². The SMILES string of the molecule is CCC(C)C(N)C(=O)NC(CO)C(=O)NC(C(=O)NC(CS)C(=O)O)C(C)O. The predicted octanol–water partition coefficient (Wildman–Crippen LogP) is -2.80. The average Bonchev–Trinajstić information content (AvgIpc) is 2.65. The molecule has 0 aliphatic carbocycles. The molecule has 12 heteroatoms. The van der Waals surface area contributed by atoms with Crippen LogP contribution < -0.4 is 21.7 Å². The van der Waals surface area contributed by atoms with Crippen LogP contribution in [0.4, 0.5) is 0 Å². The minimum absolute atomic E-state index is 0.160. The van der Waals surface area contributed by atoms with Gasteiger partial charge < -0.3 is 37.0 Å². The molecule has 6 unspecified atom stereocenters. The van der Waals surface area contributed by atoms with Gasteiger partial charge in [0.15, 0.2) is 0 Å². The van der Waals surface area contributed by atoms with Crippen molar-refractivity contribution in [2.45, 2.75) is 57.5 Å². The zero-order valence-corrected chi connectivity index (χ0v) is 17.0. The fraction of sp³-hybridized carbons (Fsp3) is 0.750. The van der Waals surface area contributed by atoms with Crippen LogP contribution >= 0.6 is 12.6 Å². The lowest BCUT2D eigenvalue weighted by Gasteiger charge is -2.26. The largest absolute Gasteiger partial charge is 0.480 e. The Balaban J connectivity index is 5.12. The van der Waals surface area contributed by atoms with Gasteiger partial charge in [-0.2, -0.15) is 12.6 Å². The second-order valence-corrected chi connectivity index (χ2v) is 6.83. The van der Waals surface area contributed by atoms with E-state index in [1.54, 1.807) is 6.92 Å². The number of nitrogens with two attached hydrogens (primary N) is 1. The van der Waals surface area contributed by atoms with E-state index in [1.807, 2.05) is 6.92 Å². The predicted molar refractivity (Wildman–Crippen MR) is 103 cm³/mol. The molecule has 0 aliphatic heterocycles. The van der Waals surface area contributed by atoms with Gasteiger partial charge in [0, 0.05) is 5.75 Å². The molecule has 0 saturated heterocycles. The van der Waals surface area contributed by atoms with E-state index in [1.165, 1.54) is 6.92 Å². The summed E-state index contributed by atoms with van der Waals surface area (Å²) >= 11 is 3.81. The van der Waals surface area contributed by atoms with E-state index in [-0.39, 0.29) is 11.7 Å². The molecule has 0 aromatic carbocycles. The van der Waals surface area contributed by atoms with E-state index in [9.17, 15) is 29.4 Å². The first-order chi connectivity index (χ1) is 13.0. The molecule has 0 aromatic heterocycles. The summed E-state index contributed by atoms with van der Waals surface area (Å²) in [6.45, 7) is 4.04. The molecule has 11 nitrogen and oxygen atoms in total. The highest BCUT2D eigenvalue weighted by atomic mass is 32.1. The van der Waals surface area contributed by atoms with Gasteiger partial charge in [-0.3, -0.25) is 14.4 Å². The Kier molecular flexibility index (Phi) is 11.7. The zero-order chi connectivity index (χ0) is 22.0. The van der Waals surface area contributed by atoms with Crippen molar-refractivity contribution in [2.24, 2.45) is 11.7 Å². The van der Waals surface area contributed by atoms with Crippen LogP contribution in [0.5, 0.6) is 0 Å². The quantitative estimate of drug-likeness (QED) is 0.155. The Labute approximate surface area is 168 Å². The van der Waals surface area contributed by atoms with Gasteiger partial charge in [0.1, 0.15) is 18.1 Å². The maximum atomic E-state index is 12.3. The number of carboxylic acid groups (broad SMARTS) is 1. The lowest BCUT2D eigenvalue weighted by molar-refractivity contribution is -0.142. The molecule has 0 radical (unpaired) electrons. The Morgan fingerprint density at radius 3 is 1.93 bits per heavy atom. The molecule has 0 bridgehead atoms. The standard InChI is InChI=1S/C16H30N4O7S/c1-4-7(2)11(17)14(24)18-9(5-21)13(23)20-12(8(3)22)15(25)19-10(6-28)16(26)27/h7-12,21-22,28H,4-6,17H2,1-3H3,(H,18,24)(H,19,25)(H,20,23)(H,26,27). The molecule has 28 heavy (non-hydrogen) atoms. The minimum Gasteiger partial charge on any atom is -0.480 e. The van der Waals surface area contributed by atoms with E-state index < -0.39 is 60.6 Å². The van der Waals surface area contributed by atoms with E-state index in [4.69, 9.17) is 10.8 Å². The molecule has 8 N–H and O–H groups in total. The number of aliphatic hydroxyl groups is 2. The number of aliphatic carboxylic acids is 1. The number of aliphatic hydroxyl groups excluding tert-OH is 2. The number of thiol groups is 1. The van der Waals surface area contributed by atoms with Crippen molar-refractivity contribution in [3.8, 4) is 0 Å². The second-order valence-electron chi connectivity index (χ2n) is 6.46. The van der Waals surface area contributed by atoms with Gasteiger partial charge in [0.2, 0.25) is 17.7 Å². The molecule has 0 fully saturated rings. The van der Waals surface area contributed by atoms with Gasteiger partial charge in [-0.25, -0.2) is 4.79 Å². The summed E-state index contributed by atoms with van der Waals surface area (Å²) in [6.07, 6.45) is -0.749. The Bertz CT molecular complexity index is 561. The van der Waals surface area contributed by atoms with E-state index in [0.717, 1.165) is 0 Å². The van der Waals surface area contributed by atoms with Crippen LogP contribution in [0.3, 0.4) is 0 Å². The number of rotatable bonds is 12. The fourth-order valence-corrected chi connectivity index (χ4v) is 2.33. The Morgan fingerprint density at radius 2 is 1.54 bits per heavy atom. The van der Waals surface area contributed by atoms with Crippen LogP contribution in [0.25, 0.3) is 0 Å². The van der Waals surface area contributed by atoms with Crippen LogP contribution in [-0.4, -0.2) is 81.6 Å². The summed E-state index contributed by atoms with van der Waals surface area (Å²) in [5.74, 6) is -4.24. The number of amides is 3. The summed E-state index contributed by atoms with van der Waals surface area (Å²) in [6, 6.07) is -5.13. The molecule has 0 aromatic rings. The highest BCUT2D eigenvalue weighted by Gasteiger charge is 2.32. The van der Waals surface area contributed by atoms with Crippen LogP contribution in [0.1, 0.15) is 27.2 Å². The topological polar surface area (TPSA) is 191 Å². The number of hydrogen-bond acceptors (Lipinski definition) is 8. The highest BCUT2D eigenvalue weighted by Crippen LogP contribution is 2.05. The van der Waals surface area contributed by atoms with E-state index in [0.29, 0.717) is 6.42 Å². The van der Waals surface area contributed by atoms with Gasteiger partial charge in [-0.05, 0) is 12.8 Å². The van der Waals surface area contributed by atoms with Crippen molar-refractivity contribution >= 4 is 36.3 Å². The van der Waals surface area contributed by atoms with Crippen molar-refractivity contribution in [3.05, 3.63) is 0 Å². The van der Waals surface area contributed by atoms with Crippen molar-refractivity contribution in [1.82, 2.24) is 16.0 Å². The summed E-state index contributed by atoms with van der Waals surface area (Å²) in [5.41, 5.74) is 5.78. The minimum atomic E-state index is -1.51. The smallest absolute Gasteiger partial charge is 0.327 e. The molecular weight excluding hydrogens is 392 g/mol. The van der Waals surface area contributed by atoms with Crippen molar-refractivity contribution < 1.29 is 34.5 Å². The lowest BCUT2D eigenvalue weighted by atomic mass is 9.99. The molecule has 162 valence electrons. The monoisotopic (exact) mass is 422 g/mol. The maximum Gasteiger partial charge on any atom is 0.327 e. The highest BCUT2D eigenvalue weighted by molar-refractivity contribution is 7.80.